The normalized spacial score (nSPS) is 28.4. The number of aromatic amines is 1. The van der Waals surface area contributed by atoms with Crippen molar-refractivity contribution in [2.75, 3.05) is 6.61 Å². The molecule has 0 spiro atoms. The fourth-order valence-corrected chi connectivity index (χ4v) is 2.75. The molecule has 0 radical (unpaired) electrons. The van der Waals surface area contributed by atoms with E-state index in [0.717, 1.165) is 0 Å². The SMILES string of the molecule is Cc1cn2cc(C3OC(CO)C(O)C3O)c(=S)nc2[nH]c1=O. The smallest absolute Gasteiger partial charge is 0.255 e. The first-order chi connectivity index (χ1) is 10.4. The molecule has 2 aromatic rings. The molecule has 0 amide bonds. The molecule has 4 N–H and O–H groups in total. The molecule has 1 fully saturated rings. The third-order valence-electron chi connectivity index (χ3n) is 3.74. The lowest BCUT2D eigenvalue weighted by Gasteiger charge is -2.15. The van der Waals surface area contributed by atoms with Crippen LogP contribution in [0.5, 0.6) is 0 Å². The van der Waals surface area contributed by atoms with Crippen molar-refractivity contribution in [2.24, 2.45) is 0 Å². The zero-order chi connectivity index (χ0) is 16.0. The van der Waals surface area contributed by atoms with Gasteiger partial charge in [0.25, 0.3) is 5.56 Å². The Morgan fingerprint density at radius 2 is 2.14 bits per heavy atom. The van der Waals surface area contributed by atoms with Gasteiger partial charge in [0, 0.05) is 23.5 Å². The molecule has 2 aromatic heterocycles. The van der Waals surface area contributed by atoms with E-state index in [-0.39, 0.29) is 16.0 Å². The number of aliphatic hydroxyl groups is 3. The van der Waals surface area contributed by atoms with Crippen LogP contribution < -0.4 is 5.56 Å². The van der Waals surface area contributed by atoms with Gasteiger partial charge in [-0.15, -0.1) is 0 Å². The number of nitrogens with zero attached hydrogens (tertiary/aromatic N) is 2. The van der Waals surface area contributed by atoms with E-state index >= 15 is 0 Å². The fraction of sp³-hybridized carbons (Fsp3) is 0.462. The number of aryl methyl sites for hydroxylation is 1. The van der Waals surface area contributed by atoms with Crippen molar-refractivity contribution >= 4 is 18.0 Å². The van der Waals surface area contributed by atoms with Crippen molar-refractivity contribution in [3.8, 4) is 0 Å². The minimum Gasteiger partial charge on any atom is -0.394 e. The van der Waals surface area contributed by atoms with Gasteiger partial charge in [0.1, 0.15) is 29.1 Å². The van der Waals surface area contributed by atoms with Crippen LogP contribution >= 0.6 is 12.2 Å². The number of rotatable bonds is 2. The van der Waals surface area contributed by atoms with Crippen LogP contribution in [0.15, 0.2) is 17.2 Å². The highest BCUT2D eigenvalue weighted by atomic mass is 32.1. The molecule has 1 aliphatic rings. The Morgan fingerprint density at radius 3 is 2.77 bits per heavy atom. The Hall–Kier alpha value is -1.65. The van der Waals surface area contributed by atoms with Gasteiger partial charge in [0.15, 0.2) is 0 Å². The average molecular weight is 325 g/mol. The largest absolute Gasteiger partial charge is 0.394 e. The minimum absolute atomic E-state index is 0.148. The Kier molecular flexibility index (Phi) is 3.83. The maximum Gasteiger partial charge on any atom is 0.255 e. The molecule has 0 aliphatic carbocycles. The van der Waals surface area contributed by atoms with Crippen molar-refractivity contribution < 1.29 is 20.1 Å². The standard InChI is InChI=1S/C13H15N3O5S/c1-5-2-16-3-6(12(22)15-13(16)14-11(5)20)10-9(19)8(18)7(4-17)21-10/h2-3,7-10,17-19H,4H2,1H3,(H,14,15,20,22). The van der Waals surface area contributed by atoms with Crippen LogP contribution in [-0.4, -0.2) is 54.6 Å². The van der Waals surface area contributed by atoms with Gasteiger partial charge in [-0.1, -0.05) is 12.2 Å². The molecule has 118 valence electrons. The average Bonchev–Trinajstić information content (AvgIpc) is 2.76. The van der Waals surface area contributed by atoms with E-state index < -0.39 is 31.0 Å². The van der Waals surface area contributed by atoms with Crippen molar-refractivity contribution in [1.29, 1.82) is 0 Å². The van der Waals surface area contributed by atoms with E-state index in [0.29, 0.717) is 11.1 Å². The van der Waals surface area contributed by atoms with E-state index in [1.54, 1.807) is 23.7 Å². The van der Waals surface area contributed by atoms with Gasteiger partial charge in [0.05, 0.1) is 6.61 Å². The second-order valence-corrected chi connectivity index (χ2v) is 5.64. The highest BCUT2D eigenvalue weighted by Gasteiger charge is 2.43. The summed E-state index contributed by atoms with van der Waals surface area (Å²) in [6, 6.07) is 0. The summed E-state index contributed by atoms with van der Waals surface area (Å²) in [5.41, 5.74) is 0.632. The summed E-state index contributed by atoms with van der Waals surface area (Å²) in [4.78, 5) is 18.3. The number of H-pyrrole nitrogens is 1. The van der Waals surface area contributed by atoms with Gasteiger partial charge in [0.2, 0.25) is 5.78 Å². The van der Waals surface area contributed by atoms with Gasteiger partial charge in [-0.25, -0.2) is 4.98 Å². The maximum atomic E-state index is 11.6. The molecule has 9 heteroatoms. The molecule has 8 nitrogen and oxygen atoms in total. The maximum absolute atomic E-state index is 11.6. The van der Waals surface area contributed by atoms with Gasteiger partial charge >= 0.3 is 0 Å². The summed E-state index contributed by atoms with van der Waals surface area (Å²) >= 11 is 5.18. The third kappa shape index (κ3) is 2.36. The topological polar surface area (TPSA) is 120 Å². The quantitative estimate of drug-likeness (QED) is 0.534. The highest BCUT2D eigenvalue weighted by molar-refractivity contribution is 7.71. The van der Waals surface area contributed by atoms with Gasteiger partial charge in [-0.2, -0.15) is 0 Å². The number of aromatic nitrogens is 3. The van der Waals surface area contributed by atoms with Crippen LogP contribution in [0.25, 0.3) is 5.78 Å². The molecule has 1 aliphatic heterocycles. The van der Waals surface area contributed by atoms with Crippen LogP contribution in [0.1, 0.15) is 17.2 Å². The summed E-state index contributed by atoms with van der Waals surface area (Å²) in [6.45, 7) is 1.24. The van der Waals surface area contributed by atoms with Crippen molar-refractivity contribution in [2.45, 2.75) is 31.3 Å². The van der Waals surface area contributed by atoms with E-state index in [9.17, 15) is 15.0 Å². The van der Waals surface area contributed by atoms with E-state index in [4.69, 9.17) is 22.1 Å². The van der Waals surface area contributed by atoms with Crippen molar-refractivity contribution in [1.82, 2.24) is 14.4 Å². The number of hydrogen-bond acceptors (Lipinski definition) is 7. The van der Waals surface area contributed by atoms with E-state index in [2.05, 4.69) is 9.97 Å². The number of aliphatic hydroxyl groups excluding tert-OH is 3. The van der Waals surface area contributed by atoms with E-state index in [1.807, 2.05) is 0 Å². The summed E-state index contributed by atoms with van der Waals surface area (Å²) in [7, 11) is 0. The second-order valence-electron chi connectivity index (χ2n) is 5.26. The van der Waals surface area contributed by atoms with Gasteiger partial charge < -0.3 is 20.1 Å². The molecule has 4 unspecified atom stereocenters. The Labute approximate surface area is 129 Å². The lowest BCUT2D eigenvalue weighted by molar-refractivity contribution is -0.0230. The first-order valence-corrected chi connectivity index (χ1v) is 7.08. The zero-order valence-corrected chi connectivity index (χ0v) is 12.4. The predicted molar refractivity (Wildman–Crippen MR) is 78.1 cm³/mol. The first-order valence-electron chi connectivity index (χ1n) is 6.67. The first kappa shape index (κ1) is 15.3. The van der Waals surface area contributed by atoms with Crippen molar-refractivity contribution in [3.05, 3.63) is 38.5 Å². The molecule has 4 atom stereocenters. The third-order valence-corrected chi connectivity index (χ3v) is 4.07. The predicted octanol–water partition coefficient (Wildman–Crippen LogP) is -0.785. The molecular weight excluding hydrogens is 310 g/mol. The fourth-order valence-electron chi connectivity index (χ4n) is 2.49. The zero-order valence-electron chi connectivity index (χ0n) is 11.6. The van der Waals surface area contributed by atoms with E-state index in [1.165, 1.54) is 0 Å². The van der Waals surface area contributed by atoms with Gasteiger partial charge in [-0.3, -0.25) is 14.2 Å². The van der Waals surface area contributed by atoms with Crippen LogP contribution in [0.4, 0.5) is 0 Å². The highest BCUT2D eigenvalue weighted by Crippen LogP contribution is 2.33. The van der Waals surface area contributed by atoms with Crippen LogP contribution in [0.3, 0.4) is 0 Å². The molecule has 0 saturated carbocycles. The lowest BCUT2D eigenvalue weighted by atomic mass is 10.0. The lowest BCUT2D eigenvalue weighted by Crippen LogP contribution is -2.32. The monoisotopic (exact) mass is 325 g/mol. The summed E-state index contributed by atoms with van der Waals surface area (Å²) in [5, 5.41) is 29.1. The van der Waals surface area contributed by atoms with Crippen LogP contribution in [-0.2, 0) is 4.74 Å². The van der Waals surface area contributed by atoms with Crippen molar-refractivity contribution in [3.63, 3.8) is 0 Å². The Morgan fingerprint density at radius 1 is 1.41 bits per heavy atom. The number of hydrogen-bond donors (Lipinski definition) is 4. The minimum atomic E-state index is -1.22. The molecule has 0 bridgehead atoms. The second kappa shape index (κ2) is 5.52. The Bertz CT molecular complexity index is 833. The van der Waals surface area contributed by atoms with Crippen LogP contribution in [0.2, 0.25) is 0 Å². The number of ether oxygens (including phenoxy) is 1. The summed E-state index contributed by atoms with van der Waals surface area (Å²) in [5.74, 6) is 0.274. The molecule has 1 saturated heterocycles. The number of nitrogens with one attached hydrogen (secondary N) is 1. The summed E-state index contributed by atoms with van der Waals surface area (Å²) in [6.07, 6.45) is -1.03. The molecule has 0 aromatic carbocycles. The number of fused-ring (bicyclic) bond motifs is 1. The molecule has 22 heavy (non-hydrogen) atoms. The molecular formula is C13H15N3O5S. The van der Waals surface area contributed by atoms with Crippen LogP contribution in [0, 0.1) is 11.6 Å². The molecule has 3 rings (SSSR count). The Balaban J connectivity index is 2.12. The summed E-state index contributed by atoms with van der Waals surface area (Å²) < 4.78 is 7.18. The van der Waals surface area contributed by atoms with Gasteiger partial charge in [-0.05, 0) is 6.92 Å². The molecule has 3 heterocycles.